The lowest BCUT2D eigenvalue weighted by Crippen LogP contribution is -2.66. The summed E-state index contributed by atoms with van der Waals surface area (Å²) < 4.78 is 5.37. The molecule has 2 bridgehead atoms. The van der Waals surface area contributed by atoms with Gasteiger partial charge in [-0.1, -0.05) is 0 Å². The molecule has 3 rings (SSSR count). The molecule has 1 amide bonds. The topological polar surface area (TPSA) is 41.6 Å². The predicted octanol–water partition coefficient (Wildman–Crippen LogP) is -0.404. The van der Waals surface area contributed by atoms with E-state index in [1.165, 1.54) is 0 Å². The minimum absolute atomic E-state index is 0.235. The molecule has 4 heteroatoms. The average Bonchev–Trinajstić information content (AvgIpc) is 2.71. The number of carbonyl (C=O) groups is 1. The van der Waals surface area contributed by atoms with Gasteiger partial charge >= 0.3 is 0 Å². The van der Waals surface area contributed by atoms with Crippen molar-refractivity contribution in [1.29, 1.82) is 0 Å². The zero-order valence-corrected chi connectivity index (χ0v) is 8.24. The minimum atomic E-state index is 0.235. The van der Waals surface area contributed by atoms with Crippen molar-refractivity contribution in [3.05, 3.63) is 0 Å². The number of hydrogen-bond donors (Lipinski definition) is 1. The van der Waals surface area contributed by atoms with E-state index in [2.05, 4.69) is 10.2 Å². The van der Waals surface area contributed by atoms with Crippen LogP contribution in [0.5, 0.6) is 0 Å². The Morgan fingerprint density at radius 2 is 2.14 bits per heavy atom. The van der Waals surface area contributed by atoms with Crippen molar-refractivity contribution in [2.24, 2.45) is 5.92 Å². The highest BCUT2D eigenvalue weighted by Crippen LogP contribution is 2.32. The van der Waals surface area contributed by atoms with Crippen LogP contribution < -0.4 is 5.32 Å². The van der Waals surface area contributed by atoms with Gasteiger partial charge in [-0.15, -0.1) is 0 Å². The zero-order valence-electron chi connectivity index (χ0n) is 8.24. The van der Waals surface area contributed by atoms with Crippen LogP contribution in [0.1, 0.15) is 12.8 Å². The molecule has 0 aromatic carbocycles. The highest BCUT2D eigenvalue weighted by molar-refractivity contribution is 5.81. The Bertz CT molecular complexity index is 237. The minimum Gasteiger partial charge on any atom is -0.377 e. The average molecular weight is 196 g/mol. The number of amides is 1. The highest BCUT2D eigenvalue weighted by atomic mass is 16.5. The number of rotatable bonds is 1. The molecule has 4 nitrogen and oxygen atoms in total. The molecule has 0 spiro atoms. The van der Waals surface area contributed by atoms with Gasteiger partial charge in [0.2, 0.25) is 5.91 Å². The molecule has 3 heterocycles. The van der Waals surface area contributed by atoms with Crippen LogP contribution in [-0.2, 0) is 9.53 Å². The van der Waals surface area contributed by atoms with Gasteiger partial charge in [-0.3, -0.25) is 4.79 Å². The van der Waals surface area contributed by atoms with Crippen LogP contribution in [0, 0.1) is 5.92 Å². The lowest BCUT2D eigenvalue weighted by Gasteiger charge is -2.53. The van der Waals surface area contributed by atoms with Crippen molar-refractivity contribution in [2.75, 3.05) is 26.3 Å². The van der Waals surface area contributed by atoms with Gasteiger partial charge in [-0.05, 0) is 19.4 Å². The van der Waals surface area contributed by atoms with E-state index in [0.29, 0.717) is 18.0 Å². The van der Waals surface area contributed by atoms with Gasteiger partial charge in [0.15, 0.2) is 0 Å². The first-order valence-electron chi connectivity index (χ1n) is 5.47. The fourth-order valence-electron chi connectivity index (χ4n) is 2.77. The summed E-state index contributed by atoms with van der Waals surface area (Å²) >= 11 is 0. The van der Waals surface area contributed by atoms with Gasteiger partial charge in [0, 0.05) is 6.54 Å². The lowest BCUT2D eigenvalue weighted by atomic mass is 9.89. The van der Waals surface area contributed by atoms with Crippen molar-refractivity contribution in [1.82, 2.24) is 10.2 Å². The normalized spacial score (nSPS) is 40.9. The summed E-state index contributed by atoms with van der Waals surface area (Å²) in [5.74, 6) is 0.595. The summed E-state index contributed by atoms with van der Waals surface area (Å²) in [6, 6.07) is 0.781. The van der Waals surface area contributed by atoms with Crippen LogP contribution in [-0.4, -0.2) is 49.2 Å². The maximum absolute atomic E-state index is 12.1. The van der Waals surface area contributed by atoms with Crippen LogP contribution in [0.4, 0.5) is 0 Å². The number of morpholine rings is 1. The van der Waals surface area contributed by atoms with E-state index in [-0.39, 0.29) is 5.92 Å². The summed E-state index contributed by atoms with van der Waals surface area (Å²) in [5, 5.41) is 3.24. The molecule has 0 radical (unpaired) electrons. The molecule has 0 aromatic heterocycles. The van der Waals surface area contributed by atoms with Crippen molar-refractivity contribution < 1.29 is 9.53 Å². The van der Waals surface area contributed by atoms with Crippen LogP contribution >= 0.6 is 0 Å². The van der Waals surface area contributed by atoms with Crippen molar-refractivity contribution in [2.45, 2.75) is 24.9 Å². The molecule has 1 N–H and O–H groups in total. The molecule has 3 atom stereocenters. The number of ether oxygens (including phenoxy) is 1. The zero-order chi connectivity index (χ0) is 9.54. The summed E-state index contributed by atoms with van der Waals surface area (Å²) in [6.07, 6.45) is 2.17. The Balaban J connectivity index is 1.67. The number of nitrogens with one attached hydrogen (secondary N) is 1. The second kappa shape index (κ2) is 3.21. The van der Waals surface area contributed by atoms with Gasteiger partial charge in [-0.2, -0.15) is 0 Å². The number of carbonyl (C=O) groups excluding carboxylic acids is 1. The quantitative estimate of drug-likeness (QED) is 0.620. The van der Waals surface area contributed by atoms with E-state index in [4.69, 9.17) is 4.74 Å². The lowest BCUT2D eigenvalue weighted by molar-refractivity contribution is -0.171. The molecular weight excluding hydrogens is 180 g/mol. The van der Waals surface area contributed by atoms with Crippen molar-refractivity contribution in [3.8, 4) is 0 Å². The maximum atomic E-state index is 12.1. The first-order chi connectivity index (χ1) is 6.86. The van der Waals surface area contributed by atoms with E-state index in [1.54, 1.807) is 0 Å². The maximum Gasteiger partial charge on any atom is 0.227 e. The molecule has 3 fully saturated rings. The number of nitrogens with zero attached hydrogens (tertiary/aromatic N) is 1. The predicted molar refractivity (Wildman–Crippen MR) is 50.8 cm³/mol. The largest absolute Gasteiger partial charge is 0.377 e. The standard InChI is InChI=1S/C10H16N2O2/c13-10(7-1-2-11-4-7)12-8-3-9(12)6-14-5-8/h7-9,11H,1-6H2. The Morgan fingerprint density at radius 1 is 1.36 bits per heavy atom. The van der Waals surface area contributed by atoms with E-state index in [9.17, 15) is 4.79 Å². The molecule has 3 saturated heterocycles. The second-order valence-electron chi connectivity index (χ2n) is 4.52. The Hall–Kier alpha value is -0.610. The van der Waals surface area contributed by atoms with Gasteiger partial charge < -0.3 is 15.0 Å². The smallest absolute Gasteiger partial charge is 0.227 e. The van der Waals surface area contributed by atoms with E-state index >= 15 is 0 Å². The van der Waals surface area contributed by atoms with Crippen LogP contribution in [0.2, 0.25) is 0 Å². The van der Waals surface area contributed by atoms with Crippen molar-refractivity contribution >= 4 is 5.91 Å². The third kappa shape index (κ3) is 1.17. The highest BCUT2D eigenvalue weighted by Gasteiger charge is 2.46. The first-order valence-corrected chi connectivity index (χ1v) is 5.47. The molecular formula is C10H16N2O2. The third-order valence-corrected chi connectivity index (χ3v) is 3.62. The summed E-state index contributed by atoms with van der Waals surface area (Å²) in [5.41, 5.74) is 0. The second-order valence-corrected chi connectivity index (χ2v) is 4.52. The molecule has 0 aliphatic carbocycles. The third-order valence-electron chi connectivity index (χ3n) is 3.62. The Labute approximate surface area is 83.6 Å². The summed E-state index contributed by atoms with van der Waals surface area (Å²) in [4.78, 5) is 14.1. The van der Waals surface area contributed by atoms with Gasteiger partial charge in [0.25, 0.3) is 0 Å². The summed E-state index contributed by atoms with van der Waals surface area (Å²) in [7, 11) is 0. The molecule has 3 aliphatic heterocycles. The monoisotopic (exact) mass is 196 g/mol. The Kier molecular flexibility index (Phi) is 1.99. The van der Waals surface area contributed by atoms with E-state index < -0.39 is 0 Å². The molecule has 14 heavy (non-hydrogen) atoms. The molecule has 3 aliphatic rings. The first kappa shape index (κ1) is 8.68. The fourth-order valence-corrected chi connectivity index (χ4v) is 2.77. The van der Waals surface area contributed by atoms with Crippen molar-refractivity contribution in [3.63, 3.8) is 0 Å². The molecule has 78 valence electrons. The van der Waals surface area contributed by atoms with Crippen LogP contribution in [0.3, 0.4) is 0 Å². The SMILES string of the molecule is O=C(C1CCNC1)N1C2COCC1C2. The van der Waals surface area contributed by atoms with Gasteiger partial charge in [-0.25, -0.2) is 0 Å². The number of hydrogen-bond acceptors (Lipinski definition) is 3. The van der Waals surface area contributed by atoms with E-state index in [1.807, 2.05) is 0 Å². The molecule has 0 saturated carbocycles. The molecule has 0 aromatic rings. The fraction of sp³-hybridized carbons (Fsp3) is 0.900. The molecule has 3 unspecified atom stereocenters. The Morgan fingerprint density at radius 3 is 2.71 bits per heavy atom. The van der Waals surface area contributed by atoms with Crippen LogP contribution in [0.15, 0.2) is 0 Å². The van der Waals surface area contributed by atoms with E-state index in [0.717, 1.165) is 39.1 Å². The van der Waals surface area contributed by atoms with Crippen LogP contribution in [0.25, 0.3) is 0 Å². The number of fused-ring (bicyclic) bond motifs is 2. The van der Waals surface area contributed by atoms with Gasteiger partial charge in [0.1, 0.15) is 0 Å². The summed E-state index contributed by atoms with van der Waals surface area (Å²) in [6.45, 7) is 3.37. The van der Waals surface area contributed by atoms with Gasteiger partial charge in [0.05, 0.1) is 31.2 Å².